The topological polar surface area (TPSA) is 123 Å². The van der Waals surface area contributed by atoms with E-state index in [-0.39, 0.29) is 11.9 Å². The summed E-state index contributed by atoms with van der Waals surface area (Å²) in [6.07, 6.45) is 3.04. The van der Waals surface area contributed by atoms with Gasteiger partial charge in [-0.1, -0.05) is 24.3 Å². The van der Waals surface area contributed by atoms with E-state index in [1.807, 2.05) is 13.8 Å². The fourth-order valence-electron chi connectivity index (χ4n) is 2.58. The summed E-state index contributed by atoms with van der Waals surface area (Å²) in [5, 5.41) is 24.3. The van der Waals surface area contributed by atoms with Crippen molar-refractivity contribution in [2.45, 2.75) is 26.4 Å². The highest BCUT2D eigenvalue weighted by Gasteiger charge is 2.16. The maximum atomic E-state index is 12.3. The van der Waals surface area contributed by atoms with Gasteiger partial charge in [0.2, 0.25) is 0 Å². The Hall–Kier alpha value is -2.91. The molecule has 0 unspecified atom stereocenters. The van der Waals surface area contributed by atoms with Crippen LogP contribution in [0, 0.1) is 0 Å². The Bertz CT molecular complexity index is 908. The van der Waals surface area contributed by atoms with Gasteiger partial charge in [-0.3, -0.25) is 4.79 Å². The SMILES string of the molecule is CC(C)NC(=O)c1c[nH]c2c(NCc3ccc(B(O)O)cc3)ncnc12. The molecule has 0 atom stereocenters. The lowest BCUT2D eigenvalue weighted by molar-refractivity contribution is 0.0944. The minimum atomic E-state index is -1.48. The smallest absolute Gasteiger partial charge is 0.423 e. The van der Waals surface area contributed by atoms with Crippen LogP contribution in [0.2, 0.25) is 0 Å². The number of hydrogen-bond donors (Lipinski definition) is 5. The van der Waals surface area contributed by atoms with E-state index in [4.69, 9.17) is 10.0 Å². The third-order valence-corrected chi connectivity index (χ3v) is 3.87. The zero-order valence-electron chi connectivity index (χ0n) is 14.5. The Morgan fingerprint density at radius 3 is 2.62 bits per heavy atom. The van der Waals surface area contributed by atoms with Gasteiger partial charge in [0, 0.05) is 18.8 Å². The number of aromatic nitrogens is 3. The van der Waals surface area contributed by atoms with Crippen molar-refractivity contribution in [1.82, 2.24) is 20.3 Å². The van der Waals surface area contributed by atoms with Gasteiger partial charge in [-0.25, -0.2) is 9.97 Å². The number of fused-ring (bicyclic) bond motifs is 1. The van der Waals surface area contributed by atoms with Crippen LogP contribution in [0.1, 0.15) is 29.8 Å². The van der Waals surface area contributed by atoms with Gasteiger partial charge in [-0.05, 0) is 24.9 Å². The molecule has 134 valence electrons. The van der Waals surface area contributed by atoms with Gasteiger partial charge < -0.3 is 25.7 Å². The number of benzene rings is 1. The van der Waals surface area contributed by atoms with Crippen LogP contribution in [-0.2, 0) is 6.54 Å². The third kappa shape index (κ3) is 3.84. The summed E-state index contributed by atoms with van der Waals surface area (Å²) >= 11 is 0. The Labute approximate surface area is 150 Å². The molecular weight excluding hydrogens is 333 g/mol. The van der Waals surface area contributed by atoms with Crippen molar-refractivity contribution in [2.24, 2.45) is 0 Å². The number of H-pyrrole nitrogens is 1. The van der Waals surface area contributed by atoms with Crippen molar-refractivity contribution in [1.29, 1.82) is 0 Å². The summed E-state index contributed by atoms with van der Waals surface area (Å²) in [5.74, 6) is 0.402. The lowest BCUT2D eigenvalue weighted by atomic mass is 9.80. The number of anilines is 1. The van der Waals surface area contributed by atoms with Gasteiger partial charge in [0.15, 0.2) is 5.82 Å². The summed E-state index contributed by atoms with van der Waals surface area (Å²) in [5.41, 5.74) is 3.07. The van der Waals surface area contributed by atoms with Crippen LogP contribution >= 0.6 is 0 Å². The number of nitrogens with zero attached hydrogens (tertiary/aromatic N) is 2. The first-order valence-corrected chi connectivity index (χ1v) is 8.27. The van der Waals surface area contributed by atoms with Crippen LogP contribution in [0.4, 0.5) is 5.82 Å². The van der Waals surface area contributed by atoms with Crippen LogP contribution in [0.3, 0.4) is 0 Å². The van der Waals surface area contributed by atoms with Crippen molar-refractivity contribution < 1.29 is 14.8 Å². The van der Waals surface area contributed by atoms with Crippen molar-refractivity contribution in [3.05, 3.63) is 47.9 Å². The molecule has 0 radical (unpaired) electrons. The maximum Gasteiger partial charge on any atom is 0.488 e. The zero-order valence-corrected chi connectivity index (χ0v) is 14.5. The van der Waals surface area contributed by atoms with E-state index in [0.29, 0.717) is 34.4 Å². The molecule has 9 heteroatoms. The van der Waals surface area contributed by atoms with Crippen LogP contribution in [0.15, 0.2) is 36.8 Å². The summed E-state index contributed by atoms with van der Waals surface area (Å²) in [6.45, 7) is 4.28. The van der Waals surface area contributed by atoms with Crippen molar-refractivity contribution in [3.63, 3.8) is 0 Å². The van der Waals surface area contributed by atoms with Crippen molar-refractivity contribution in [3.8, 4) is 0 Å². The van der Waals surface area contributed by atoms with Gasteiger partial charge in [0.25, 0.3) is 5.91 Å². The van der Waals surface area contributed by atoms with E-state index >= 15 is 0 Å². The lowest BCUT2D eigenvalue weighted by Crippen LogP contribution is -2.29. The minimum absolute atomic E-state index is 0.0345. The normalized spacial score (nSPS) is 11.0. The fourth-order valence-corrected chi connectivity index (χ4v) is 2.58. The first kappa shape index (κ1) is 17.9. The summed E-state index contributed by atoms with van der Waals surface area (Å²) in [7, 11) is -1.48. The van der Waals surface area contributed by atoms with E-state index in [1.165, 1.54) is 6.33 Å². The monoisotopic (exact) mass is 353 g/mol. The molecule has 0 aliphatic carbocycles. The second-order valence-electron chi connectivity index (χ2n) is 6.25. The first-order chi connectivity index (χ1) is 12.5. The zero-order chi connectivity index (χ0) is 18.7. The predicted molar refractivity (Wildman–Crippen MR) is 100 cm³/mol. The molecular formula is C17H20BN5O3. The molecule has 2 heterocycles. The van der Waals surface area contributed by atoms with E-state index in [1.54, 1.807) is 30.5 Å². The molecule has 3 aromatic rings. The number of amides is 1. The molecule has 3 rings (SSSR count). The van der Waals surface area contributed by atoms with Gasteiger partial charge in [-0.2, -0.15) is 0 Å². The third-order valence-electron chi connectivity index (χ3n) is 3.87. The summed E-state index contributed by atoms with van der Waals surface area (Å²) in [6, 6.07) is 6.94. The molecule has 8 nitrogen and oxygen atoms in total. The molecule has 1 aromatic carbocycles. The number of hydrogen-bond acceptors (Lipinski definition) is 6. The van der Waals surface area contributed by atoms with Crippen LogP contribution in [0.25, 0.3) is 11.0 Å². The van der Waals surface area contributed by atoms with Crippen LogP contribution in [-0.4, -0.2) is 44.1 Å². The van der Waals surface area contributed by atoms with E-state index < -0.39 is 7.12 Å². The number of carbonyl (C=O) groups excluding carboxylic acids is 1. The lowest BCUT2D eigenvalue weighted by Gasteiger charge is -2.08. The Morgan fingerprint density at radius 2 is 1.96 bits per heavy atom. The molecule has 5 N–H and O–H groups in total. The number of aromatic amines is 1. The average molecular weight is 353 g/mol. The van der Waals surface area contributed by atoms with Gasteiger partial charge in [-0.15, -0.1) is 0 Å². The Morgan fingerprint density at radius 1 is 1.23 bits per heavy atom. The molecule has 0 fully saturated rings. The largest absolute Gasteiger partial charge is 0.488 e. The Kier molecular flexibility index (Phi) is 5.20. The van der Waals surface area contributed by atoms with E-state index in [9.17, 15) is 4.79 Å². The fraction of sp³-hybridized carbons (Fsp3) is 0.235. The summed E-state index contributed by atoms with van der Waals surface area (Å²) in [4.78, 5) is 23.8. The molecule has 2 aromatic heterocycles. The minimum Gasteiger partial charge on any atom is -0.423 e. The molecule has 0 spiro atoms. The molecule has 26 heavy (non-hydrogen) atoms. The summed E-state index contributed by atoms with van der Waals surface area (Å²) < 4.78 is 0. The number of nitrogens with one attached hydrogen (secondary N) is 3. The van der Waals surface area contributed by atoms with Crippen molar-refractivity contribution >= 4 is 35.3 Å². The maximum absolute atomic E-state index is 12.3. The van der Waals surface area contributed by atoms with Crippen molar-refractivity contribution in [2.75, 3.05) is 5.32 Å². The predicted octanol–water partition coefficient (Wildman–Crippen LogP) is 0.388. The second-order valence-corrected chi connectivity index (χ2v) is 6.25. The highest BCUT2D eigenvalue weighted by Crippen LogP contribution is 2.21. The van der Waals surface area contributed by atoms with Gasteiger partial charge >= 0.3 is 7.12 Å². The van der Waals surface area contributed by atoms with Crippen LogP contribution < -0.4 is 16.1 Å². The Balaban J connectivity index is 1.78. The quantitative estimate of drug-likeness (QED) is 0.409. The molecule has 0 saturated carbocycles. The van der Waals surface area contributed by atoms with Gasteiger partial charge in [0.1, 0.15) is 17.4 Å². The highest BCUT2D eigenvalue weighted by atomic mass is 16.4. The second kappa shape index (κ2) is 7.55. The molecule has 0 aliphatic heterocycles. The first-order valence-electron chi connectivity index (χ1n) is 8.27. The van der Waals surface area contributed by atoms with E-state index in [0.717, 1.165) is 5.56 Å². The average Bonchev–Trinajstić information content (AvgIpc) is 3.04. The standard InChI is InChI=1S/C17H20BN5O3/c1-10(2)23-17(24)13-8-19-15-14(13)21-9-22-16(15)20-7-11-3-5-12(6-4-11)18(25)26/h3-6,8-10,19,25-26H,7H2,1-2H3,(H,23,24)(H,20,21,22). The molecule has 0 aliphatic rings. The number of rotatable bonds is 6. The molecule has 0 bridgehead atoms. The van der Waals surface area contributed by atoms with E-state index in [2.05, 4.69) is 25.6 Å². The van der Waals surface area contributed by atoms with Gasteiger partial charge in [0.05, 0.1) is 5.56 Å². The number of carbonyl (C=O) groups is 1. The van der Waals surface area contributed by atoms with Crippen LogP contribution in [0.5, 0.6) is 0 Å². The highest BCUT2D eigenvalue weighted by molar-refractivity contribution is 6.58. The molecule has 0 saturated heterocycles. The molecule has 1 amide bonds.